The SMILES string of the molecule is C=C1C(Cl)=C[C-]=C(c2ccc(Br)cc2Cl)N1C.[Y]. The van der Waals surface area contributed by atoms with Gasteiger partial charge in [0.1, 0.15) is 0 Å². The van der Waals surface area contributed by atoms with Gasteiger partial charge in [0.05, 0.1) is 0 Å². The summed E-state index contributed by atoms with van der Waals surface area (Å²) in [5, 5.41) is 1.25. The van der Waals surface area contributed by atoms with Crippen molar-refractivity contribution in [2.45, 2.75) is 0 Å². The van der Waals surface area contributed by atoms with E-state index >= 15 is 0 Å². The van der Waals surface area contributed by atoms with Crippen molar-refractivity contribution in [3.05, 3.63) is 62.7 Å². The van der Waals surface area contributed by atoms with E-state index in [-0.39, 0.29) is 32.7 Å². The maximum atomic E-state index is 6.21. The Morgan fingerprint density at radius 2 is 2.00 bits per heavy atom. The predicted molar refractivity (Wildman–Crippen MR) is 76.6 cm³/mol. The molecule has 2 rings (SSSR count). The van der Waals surface area contributed by atoms with Crippen molar-refractivity contribution >= 4 is 44.8 Å². The van der Waals surface area contributed by atoms with Gasteiger partial charge in [0.2, 0.25) is 0 Å². The molecule has 1 heterocycles. The predicted octanol–water partition coefficient (Wildman–Crippen LogP) is 4.83. The van der Waals surface area contributed by atoms with Gasteiger partial charge in [-0.1, -0.05) is 51.4 Å². The van der Waals surface area contributed by atoms with E-state index in [1.54, 1.807) is 6.08 Å². The zero-order valence-corrected chi connectivity index (χ0v) is 15.6. The monoisotopic (exact) mass is 417 g/mol. The van der Waals surface area contributed by atoms with Gasteiger partial charge >= 0.3 is 0 Å². The Kier molecular flexibility index (Phi) is 6.14. The van der Waals surface area contributed by atoms with Crippen LogP contribution in [0.4, 0.5) is 0 Å². The van der Waals surface area contributed by atoms with E-state index in [9.17, 15) is 0 Å². The number of benzene rings is 1. The summed E-state index contributed by atoms with van der Waals surface area (Å²) in [5.74, 6) is 0. The summed E-state index contributed by atoms with van der Waals surface area (Å²) in [6.45, 7) is 3.91. The van der Waals surface area contributed by atoms with Crippen LogP contribution in [0.3, 0.4) is 0 Å². The summed E-state index contributed by atoms with van der Waals surface area (Å²) >= 11 is 15.6. The Balaban J connectivity index is 0.00000162. The second kappa shape index (κ2) is 6.72. The minimum Gasteiger partial charge on any atom is -0.377 e. The number of rotatable bonds is 1. The molecule has 0 fully saturated rings. The van der Waals surface area contributed by atoms with E-state index in [0.29, 0.717) is 10.1 Å². The molecule has 1 aromatic rings. The molecular weight excluding hydrogens is 410 g/mol. The fraction of sp³-hybridized carbons (Fsp3) is 0.0769. The molecule has 91 valence electrons. The first kappa shape index (κ1) is 16.5. The van der Waals surface area contributed by atoms with Crippen LogP contribution >= 0.6 is 39.1 Å². The first-order valence-corrected chi connectivity index (χ1v) is 6.43. The Morgan fingerprint density at radius 1 is 1.33 bits per heavy atom. The zero-order chi connectivity index (χ0) is 12.6. The van der Waals surface area contributed by atoms with Crippen molar-refractivity contribution in [1.29, 1.82) is 0 Å². The van der Waals surface area contributed by atoms with Crippen LogP contribution in [-0.2, 0) is 32.7 Å². The molecule has 0 unspecified atom stereocenters. The molecule has 1 nitrogen and oxygen atoms in total. The van der Waals surface area contributed by atoms with Gasteiger partial charge in [-0.3, -0.25) is 0 Å². The molecule has 5 heteroatoms. The average Bonchev–Trinajstić information content (AvgIpc) is 2.28. The second-order valence-corrected chi connectivity index (χ2v) is 5.35. The van der Waals surface area contributed by atoms with Crippen molar-refractivity contribution < 1.29 is 32.7 Å². The number of hydrogen-bond donors (Lipinski definition) is 0. The fourth-order valence-corrected chi connectivity index (χ4v) is 2.49. The number of likely N-dealkylation sites (N-methyl/N-ethyl adjacent to an activating group) is 1. The van der Waals surface area contributed by atoms with Crippen LogP contribution in [0.25, 0.3) is 5.70 Å². The molecule has 0 atom stereocenters. The summed E-state index contributed by atoms with van der Waals surface area (Å²) in [5.41, 5.74) is 2.50. The summed E-state index contributed by atoms with van der Waals surface area (Å²) in [4.78, 5) is 1.87. The average molecular weight is 419 g/mol. The Labute approximate surface area is 151 Å². The Bertz CT molecular complexity index is 552. The van der Waals surface area contributed by atoms with E-state index in [2.05, 4.69) is 28.6 Å². The molecule has 1 aromatic carbocycles. The summed E-state index contributed by atoms with van der Waals surface area (Å²) in [7, 11) is 1.89. The molecule has 1 aliphatic heterocycles. The molecule has 0 bridgehead atoms. The van der Waals surface area contributed by atoms with E-state index in [1.165, 1.54) is 0 Å². The molecule has 0 aromatic heterocycles. The van der Waals surface area contributed by atoms with E-state index < -0.39 is 0 Å². The molecule has 0 aliphatic carbocycles. The molecule has 0 saturated heterocycles. The van der Waals surface area contributed by atoms with Crippen molar-refractivity contribution in [2.75, 3.05) is 7.05 Å². The van der Waals surface area contributed by atoms with Crippen LogP contribution in [0.2, 0.25) is 5.02 Å². The van der Waals surface area contributed by atoms with Crippen molar-refractivity contribution in [2.24, 2.45) is 0 Å². The van der Waals surface area contributed by atoms with Gasteiger partial charge in [0, 0.05) is 44.2 Å². The second-order valence-electron chi connectivity index (χ2n) is 3.62. The third-order valence-electron chi connectivity index (χ3n) is 2.54. The minimum atomic E-state index is 0. The fourth-order valence-electron chi connectivity index (χ4n) is 1.55. The summed E-state index contributed by atoms with van der Waals surface area (Å²) in [6.07, 6.45) is 4.82. The van der Waals surface area contributed by atoms with Crippen LogP contribution in [0.1, 0.15) is 5.56 Å². The number of hydrogen-bond acceptors (Lipinski definition) is 1. The van der Waals surface area contributed by atoms with Gasteiger partial charge in [0.25, 0.3) is 0 Å². The normalized spacial score (nSPS) is 14.9. The van der Waals surface area contributed by atoms with Crippen molar-refractivity contribution in [3.8, 4) is 0 Å². The quantitative estimate of drug-likeness (QED) is 0.591. The maximum absolute atomic E-state index is 6.21. The Morgan fingerprint density at radius 3 is 2.61 bits per heavy atom. The molecule has 1 aliphatic rings. The van der Waals surface area contributed by atoms with Gasteiger partial charge in [-0.15, -0.1) is 6.07 Å². The number of allylic oxidation sites excluding steroid dienone is 3. The van der Waals surface area contributed by atoms with Gasteiger partial charge in [0.15, 0.2) is 0 Å². The van der Waals surface area contributed by atoms with E-state index in [4.69, 9.17) is 23.2 Å². The van der Waals surface area contributed by atoms with E-state index in [1.807, 2.05) is 30.1 Å². The molecule has 0 N–H and O–H groups in total. The summed E-state index contributed by atoms with van der Waals surface area (Å²) in [6, 6.07) is 5.72. The van der Waals surface area contributed by atoms with Crippen molar-refractivity contribution in [1.82, 2.24) is 4.90 Å². The molecule has 0 amide bonds. The van der Waals surface area contributed by atoms with Crippen LogP contribution in [0.15, 0.2) is 46.1 Å². The minimum absolute atomic E-state index is 0. The van der Waals surface area contributed by atoms with Crippen LogP contribution in [0.5, 0.6) is 0 Å². The molecule has 1 radical (unpaired) electrons. The third-order valence-corrected chi connectivity index (χ3v) is 3.67. The molecule has 0 spiro atoms. The largest absolute Gasteiger partial charge is 0.377 e. The van der Waals surface area contributed by atoms with Crippen LogP contribution in [0, 0.1) is 6.08 Å². The van der Waals surface area contributed by atoms with Gasteiger partial charge in [-0.05, 0) is 21.8 Å². The molecular formula is C13H9BrCl2NY-. The van der Waals surface area contributed by atoms with Gasteiger partial charge in [-0.2, -0.15) is 23.8 Å². The number of nitrogens with zero attached hydrogens (tertiary/aromatic N) is 1. The standard InChI is InChI=1S/C13H9BrCl2N.Y/c1-8-11(15)5-6-13(17(8)2)10-4-3-9(14)7-12(10)16;/h3-5,7H,1H2,2H3;/q-1;. The van der Waals surface area contributed by atoms with Gasteiger partial charge < -0.3 is 4.90 Å². The maximum Gasteiger partial charge on any atom is 0.0169 e. The zero-order valence-electron chi connectivity index (χ0n) is 9.67. The third kappa shape index (κ3) is 3.29. The first-order valence-electron chi connectivity index (χ1n) is 4.88. The van der Waals surface area contributed by atoms with Gasteiger partial charge in [-0.25, -0.2) is 0 Å². The smallest absolute Gasteiger partial charge is 0.0169 e. The molecule has 0 saturated carbocycles. The topological polar surface area (TPSA) is 3.24 Å². The van der Waals surface area contributed by atoms with Crippen LogP contribution < -0.4 is 0 Å². The Hall–Kier alpha value is 0.404. The summed E-state index contributed by atoms with van der Waals surface area (Å²) < 4.78 is 0.942. The van der Waals surface area contributed by atoms with Crippen molar-refractivity contribution in [3.63, 3.8) is 0 Å². The first-order chi connectivity index (χ1) is 8.00. The van der Waals surface area contributed by atoms with E-state index in [0.717, 1.165) is 21.4 Å². The number of halogens is 3. The van der Waals surface area contributed by atoms with Crippen LogP contribution in [-0.4, -0.2) is 11.9 Å². The molecule has 18 heavy (non-hydrogen) atoms.